The summed E-state index contributed by atoms with van der Waals surface area (Å²) in [5, 5.41) is 3.14. The lowest BCUT2D eigenvalue weighted by molar-refractivity contribution is -0.120. The molecule has 0 radical (unpaired) electrons. The SMILES string of the molecule is CC(C)(C)OC(=O)NC1=N[C@](C)(c2sc(OC=O)cc2Cl)CS(=O)(=O)C12CCCCC2. The number of hydrogen-bond donors (Lipinski definition) is 1. The standard InChI is InChI=1S/C20H27ClN2O6S2/c1-18(2,3)29-17(25)22-16-20(8-6-5-7-9-20)31(26,27)11-19(4,23-16)15-13(21)10-14(30-15)28-12-24/h10,12H,5-9,11H2,1-4H3,(H,22,23,25)/t19-/m0/s1. The second-order valence-electron chi connectivity index (χ2n) is 9.13. The molecule has 0 saturated heterocycles. The van der Waals surface area contributed by atoms with Gasteiger partial charge in [0.25, 0.3) is 6.47 Å². The predicted octanol–water partition coefficient (Wildman–Crippen LogP) is 4.21. The largest absolute Gasteiger partial charge is 0.444 e. The van der Waals surface area contributed by atoms with E-state index in [1.165, 1.54) is 6.07 Å². The average molecular weight is 491 g/mol. The molecular formula is C20H27ClN2O6S2. The highest BCUT2D eigenvalue weighted by molar-refractivity contribution is 7.93. The maximum absolute atomic E-state index is 13.7. The highest BCUT2D eigenvalue weighted by atomic mass is 35.5. The molecule has 1 fully saturated rings. The third-order valence-electron chi connectivity index (χ3n) is 5.45. The Hall–Kier alpha value is -1.65. The van der Waals surface area contributed by atoms with Crippen molar-refractivity contribution in [2.75, 3.05) is 5.75 Å². The van der Waals surface area contributed by atoms with E-state index in [9.17, 15) is 18.0 Å². The first-order valence-corrected chi connectivity index (χ1v) is 12.9. The summed E-state index contributed by atoms with van der Waals surface area (Å²) in [5.41, 5.74) is -2.00. The fourth-order valence-corrected chi connectivity index (χ4v) is 8.25. The van der Waals surface area contributed by atoms with Gasteiger partial charge in [0, 0.05) is 6.07 Å². The summed E-state index contributed by atoms with van der Waals surface area (Å²) < 4.78 is 36.3. The molecule has 172 valence electrons. The lowest BCUT2D eigenvalue weighted by Gasteiger charge is -2.44. The number of nitrogens with one attached hydrogen (secondary N) is 1. The summed E-state index contributed by atoms with van der Waals surface area (Å²) in [6.45, 7) is 7.12. The maximum Gasteiger partial charge on any atom is 0.413 e. The van der Waals surface area contributed by atoms with Crippen LogP contribution in [-0.4, -0.2) is 42.9 Å². The van der Waals surface area contributed by atoms with Crippen LogP contribution in [0.25, 0.3) is 0 Å². The van der Waals surface area contributed by atoms with Crippen molar-refractivity contribution in [2.24, 2.45) is 4.99 Å². The summed E-state index contributed by atoms with van der Waals surface area (Å²) in [6.07, 6.45) is 2.40. The molecule has 2 heterocycles. The predicted molar refractivity (Wildman–Crippen MR) is 120 cm³/mol. The van der Waals surface area contributed by atoms with Crippen LogP contribution < -0.4 is 10.1 Å². The number of thiophene rings is 1. The number of rotatable bonds is 3. The molecule has 8 nitrogen and oxygen atoms in total. The third kappa shape index (κ3) is 4.75. The highest BCUT2D eigenvalue weighted by Crippen LogP contribution is 2.48. The van der Waals surface area contributed by atoms with Gasteiger partial charge in [0.1, 0.15) is 21.7 Å². The molecular weight excluding hydrogens is 464 g/mol. The zero-order valence-electron chi connectivity index (χ0n) is 18.0. The van der Waals surface area contributed by atoms with Crippen molar-refractivity contribution in [3.8, 4) is 5.06 Å². The fourth-order valence-electron chi connectivity index (χ4n) is 4.19. The van der Waals surface area contributed by atoms with Crippen LogP contribution in [-0.2, 0) is 24.9 Å². The number of nitrogens with zero attached hydrogens (tertiary/aromatic N) is 1. The van der Waals surface area contributed by atoms with Crippen LogP contribution >= 0.6 is 22.9 Å². The number of alkyl carbamates (subject to hydrolysis) is 1. The zero-order valence-corrected chi connectivity index (χ0v) is 20.4. The molecule has 1 atom stereocenters. The molecule has 1 aliphatic heterocycles. The molecule has 1 aliphatic carbocycles. The summed E-state index contributed by atoms with van der Waals surface area (Å²) in [5.74, 6) is -0.169. The van der Waals surface area contributed by atoms with E-state index in [4.69, 9.17) is 26.1 Å². The molecule has 2 aliphatic rings. The topological polar surface area (TPSA) is 111 Å². The Morgan fingerprint density at radius 3 is 2.52 bits per heavy atom. The lowest BCUT2D eigenvalue weighted by Crippen LogP contribution is -2.61. The molecule has 11 heteroatoms. The van der Waals surface area contributed by atoms with Crippen molar-refractivity contribution >= 4 is 51.2 Å². The Morgan fingerprint density at radius 1 is 1.29 bits per heavy atom. The minimum absolute atomic E-state index is 0.0949. The summed E-state index contributed by atoms with van der Waals surface area (Å²) in [6, 6.07) is 1.45. The summed E-state index contributed by atoms with van der Waals surface area (Å²) in [7, 11) is -3.72. The second kappa shape index (κ2) is 8.37. The average Bonchev–Trinajstić information content (AvgIpc) is 3.00. The van der Waals surface area contributed by atoms with Crippen LogP contribution in [0.3, 0.4) is 0 Å². The van der Waals surface area contributed by atoms with E-state index in [0.717, 1.165) is 30.6 Å². The van der Waals surface area contributed by atoms with Gasteiger partial charge in [-0.3, -0.25) is 15.1 Å². The zero-order chi connectivity index (χ0) is 23.1. The molecule has 1 saturated carbocycles. The molecule has 1 N–H and O–H groups in total. The van der Waals surface area contributed by atoms with E-state index < -0.39 is 31.8 Å². The van der Waals surface area contributed by atoms with Gasteiger partial charge in [-0.2, -0.15) is 0 Å². The number of carbonyl (C=O) groups is 2. The van der Waals surface area contributed by atoms with Gasteiger partial charge in [-0.1, -0.05) is 42.2 Å². The van der Waals surface area contributed by atoms with Gasteiger partial charge in [0.05, 0.1) is 15.7 Å². The van der Waals surface area contributed by atoms with E-state index in [-0.39, 0.29) is 28.1 Å². The molecule has 1 aromatic heterocycles. The van der Waals surface area contributed by atoms with Gasteiger partial charge in [-0.05, 0) is 40.5 Å². The molecule has 0 aromatic carbocycles. The summed E-state index contributed by atoms with van der Waals surface area (Å²) >= 11 is 7.41. The van der Waals surface area contributed by atoms with Crippen molar-refractivity contribution in [3.63, 3.8) is 0 Å². The number of sulfone groups is 1. The maximum atomic E-state index is 13.7. The van der Waals surface area contributed by atoms with Crippen molar-refractivity contribution in [2.45, 2.75) is 75.7 Å². The van der Waals surface area contributed by atoms with Crippen LogP contribution in [0.15, 0.2) is 11.1 Å². The van der Waals surface area contributed by atoms with Gasteiger partial charge in [0.15, 0.2) is 14.9 Å². The van der Waals surface area contributed by atoms with Crippen LogP contribution in [0.4, 0.5) is 4.79 Å². The quantitative estimate of drug-likeness (QED) is 0.635. The van der Waals surface area contributed by atoms with E-state index in [1.807, 2.05) is 0 Å². The van der Waals surface area contributed by atoms with Crippen LogP contribution in [0.1, 0.15) is 64.7 Å². The number of ether oxygens (including phenoxy) is 2. The Morgan fingerprint density at radius 2 is 1.94 bits per heavy atom. The van der Waals surface area contributed by atoms with E-state index in [1.54, 1.807) is 27.7 Å². The number of aliphatic imine (C=N–C) groups is 1. The van der Waals surface area contributed by atoms with Gasteiger partial charge < -0.3 is 9.47 Å². The molecule has 1 spiro atoms. The van der Waals surface area contributed by atoms with Crippen molar-refractivity contribution in [1.82, 2.24) is 5.32 Å². The molecule has 1 amide bonds. The first-order valence-electron chi connectivity index (χ1n) is 10.0. The third-order valence-corrected chi connectivity index (χ3v) is 9.88. The van der Waals surface area contributed by atoms with Gasteiger partial charge in [-0.15, -0.1) is 0 Å². The fraction of sp³-hybridized carbons (Fsp3) is 0.650. The number of amides is 1. The van der Waals surface area contributed by atoms with E-state index in [0.29, 0.717) is 17.7 Å². The second-order valence-corrected chi connectivity index (χ2v) is 12.9. The molecule has 3 rings (SSSR count). The van der Waals surface area contributed by atoms with Gasteiger partial charge in [-0.25, -0.2) is 13.2 Å². The minimum Gasteiger partial charge on any atom is -0.444 e. The van der Waals surface area contributed by atoms with E-state index >= 15 is 0 Å². The Balaban J connectivity index is 2.11. The van der Waals surface area contributed by atoms with Crippen molar-refractivity contribution < 1.29 is 27.5 Å². The molecule has 0 unspecified atom stereocenters. The Labute approximate surface area is 191 Å². The van der Waals surface area contributed by atoms with Crippen LogP contribution in [0.5, 0.6) is 5.06 Å². The molecule has 1 aromatic rings. The number of carbonyl (C=O) groups excluding carboxylic acids is 2. The Bertz CT molecular complexity index is 1010. The van der Waals surface area contributed by atoms with Crippen molar-refractivity contribution in [1.29, 1.82) is 0 Å². The summed E-state index contributed by atoms with van der Waals surface area (Å²) in [4.78, 5) is 28.5. The first-order chi connectivity index (χ1) is 14.3. The number of amidine groups is 1. The number of hydrogen-bond acceptors (Lipinski definition) is 8. The first kappa shape index (κ1) is 24.0. The molecule has 31 heavy (non-hydrogen) atoms. The van der Waals surface area contributed by atoms with Crippen molar-refractivity contribution in [3.05, 3.63) is 16.0 Å². The van der Waals surface area contributed by atoms with E-state index in [2.05, 4.69) is 5.32 Å². The normalized spacial score (nSPS) is 24.9. The lowest BCUT2D eigenvalue weighted by atomic mass is 9.86. The van der Waals surface area contributed by atoms with Crippen LogP contribution in [0.2, 0.25) is 5.02 Å². The molecule has 0 bridgehead atoms. The van der Waals surface area contributed by atoms with Gasteiger partial charge >= 0.3 is 6.09 Å². The smallest absolute Gasteiger partial charge is 0.413 e. The monoisotopic (exact) mass is 490 g/mol. The van der Waals surface area contributed by atoms with Gasteiger partial charge in [0.2, 0.25) is 0 Å². The van der Waals surface area contributed by atoms with Crippen LogP contribution in [0, 0.1) is 0 Å². The minimum atomic E-state index is -3.72. The number of halogens is 1. The Kier molecular flexibility index (Phi) is 6.48. The highest BCUT2D eigenvalue weighted by Gasteiger charge is 2.56.